The number of benzene rings is 1. The predicted octanol–water partition coefficient (Wildman–Crippen LogP) is 2.41. The second-order valence-electron chi connectivity index (χ2n) is 6.59. The molecule has 0 unspecified atom stereocenters. The lowest BCUT2D eigenvalue weighted by Gasteiger charge is -2.50. The van der Waals surface area contributed by atoms with Crippen LogP contribution in [0.25, 0.3) is 10.9 Å². The first-order valence-corrected chi connectivity index (χ1v) is 7.86. The summed E-state index contributed by atoms with van der Waals surface area (Å²) in [4.78, 5) is 10.6. The minimum absolute atomic E-state index is 0.0514. The number of hydrogen-bond donors (Lipinski definition) is 1. The van der Waals surface area contributed by atoms with Gasteiger partial charge in [-0.3, -0.25) is 4.90 Å². The number of H-pyrrole nitrogens is 1. The van der Waals surface area contributed by atoms with Gasteiger partial charge in [0, 0.05) is 29.6 Å². The van der Waals surface area contributed by atoms with E-state index in [0.717, 1.165) is 30.1 Å². The SMILES string of the molecule is c1ccc2c(C3=NC[C@]4(CN5CCC4CC5)O3)c[nH]c2c1. The van der Waals surface area contributed by atoms with E-state index >= 15 is 0 Å². The van der Waals surface area contributed by atoms with E-state index in [0.29, 0.717) is 5.92 Å². The first-order chi connectivity index (χ1) is 10.3. The standard InChI is InChI=1S/C17H19N3O/c1-2-4-15-13(3-1)14(9-18-15)16-19-10-17(21-16)11-20-7-5-12(17)6-8-20/h1-4,9,12,18H,5-8,10-11H2/t17-/m1/s1. The van der Waals surface area contributed by atoms with Gasteiger partial charge in [-0.1, -0.05) is 18.2 Å². The molecule has 21 heavy (non-hydrogen) atoms. The molecule has 2 aromatic rings. The van der Waals surface area contributed by atoms with Crippen LogP contribution in [0.15, 0.2) is 35.5 Å². The summed E-state index contributed by atoms with van der Waals surface area (Å²) >= 11 is 0. The highest BCUT2D eigenvalue weighted by Gasteiger charge is 2.51. The maximum Gasteiger partial charge on any atom is 0.219 e. The van der Waals surface area contributed by atoms with Gasteiger partial charge in [0.2, 0.25) is 5.90 Å². The highest BCUT2D eigenvalue weighted by atomic mass is 16.5. The number of para-hydroxylation sites is 1. The number of aromatic amines is 1. The molecule has 1 spiro atoms. The fourth-order valence-corrected chi connectivity index (χ4v) is 4.27. The molecule has 2 bridgehead atoms. The predicted molar refractivity (Wildman–Crippen MR) is 82.7 cm³/mol. The Morgan fingerprint density at radius 3 is 2.90 bits per heavy atom. The van der Waals surface area contributed by atoms with Gasteiger partial charge in [-0.25, -0.2) is 4.99 Å². The molecular formula is C17H19N3O. The Labute approximate surface area is 123 Å². The van der Waals surface area contributed by atoms with Crippen LogP contribution in [0.1, 0.15) is 18.4 Å². The van der Waals surface area contributed by atoms with E-state index in [1.165, 1.54) is 31.3 Å². The van der Waals surface area contributed by atoms with Gasteiger partial charge in [-0.15, -0.1) is 0 Å². The molecule has 4 aliphatic rings. The number of aromatic nitrogens is 1. The molecule has 3 saturated heterocycles. The van der Waals surface area contributed by atoms with Crippen molar-refractivity contribution in [3.63, 3.8) is 0 Å². The van der Waals surface area contributed by atoms with Gasteiger partial charge < -0.3 is 9.72 Å². The zero-order valence-corrected chi connectivity index (χ0v) is 12.0. The van der Waals surface area contributed by atoms with Gasteiger partial charge >= 0.3 is 0 Å². The number of nitrogens with one attached hydrogen (secondary N) is 1. The van der Waals surface area contributed by atoms with Gasteiger partial charge in [-0.2, -0.15) is 0 Å². The van der Waals surface area contributed by atoms with E-state index in [9.17, 15) is 0 Å². The molecule has 4 heteroatoms. The van der Waals surface area contributed by atoms with Crippen molar-refractivity contribution in [1.82, 2.24) is 9.88 Å². The lowest BCUT2D eigenvalue weighted by atomic mass is 9.75. The first-order valence-electron chi connectivity index (χ1n) is 7.86. The second kappa shape index (κ2) is 4.10. The van der Waals surface area contributed by atoms with E-state index < -0.39 is 0 Å². The molecule has 108 valence electrons. The number of nitrogens with zero attached hydrogens (tertiary/aromatic N) is 2. The van der Waals surface area contributed by atoms with Crippen molar-refractivity contribution >= 4 is 16.8 Å². The van der Waals surface area contributed by atoms with Crippen molar-refractivity contribution in [2.24, 2.45) is 10.9 Å². The Kier molecular flexibility index (Phi) is 2.31. The fraction of sp³-hybridized carbons (Fsp3) is 0.471. The van der Waals surface area contributed by atoms with E-state index in [4.69, 9.17) is 9.73 Å². The number of hydrogen-bond acceptors (Lipinski definition) is 3. The van der Waals surface area contributed by atoms with E-state index in [2.05, 4.69) is 34.1 Å². The van der Waals surface area contributed by atoms with Crippen molar-refractivity contribution in [3.05, 3.63) is 36.0 Å². The molecule has 6 rings (SSSR count). The van der Waals surface area contributed by atoms with Crippen molar-refractivity contribution in [3.8, 4) is 0 Å². The molecule has 0 amide bonds. The average molecular weight is 281 g/mol. The average Bonchev–Trinajstić information content (AvgIpc) is 3.13. The number of ether oxygens (including phenoxy) is 1. The molecule has 5 heterocycles. The van der Waals surface area contributed by atoms with Crippen LogP contribution in [0, 0.1) is 5.92 Å². The molecule has 0 radical (unpaired) electrons. The van der Waals surface area contributed by atoms with Crippen LogP contribution in [0.4, 0.5) is 0 Å². The summed E-state index contributed by atoms with van der Waals surface area (Å²) in [6.45, 7) is 4.34. The van der Waals surface area contributed by atoms with Gasteiger partial charge in [0.15, 0.2) is 0 Å². The number of piperidine rings is 3. The third-order valence-corrected chi connectivity index (χ3v) is 5.43. The van der Waals surface area contributed by atoms with Crippen LogP contribution >= 0.6 is 0 Å². The molecule has 0 aliphatic carbocycles. The third-order valence-electron chi connectivity index (χ3n) is 5.43. The summed E-state index contributed by atoms with van der Waals surface area (Å²) in [5.74, 6) is 1.51. The Balaban J connectivity index is 1.50. The maximum absolute atomic E-state index is 6.46. The minimum atomic E-state index is -0.0514. The highest BCUT2D eigenvalue weighted by molar-refractivity contribution is 6.07. The molecule has 1 N–H and O–H groups in total. The van der Waals surface area contributed by atoms with Crippen molar-refractivity contribution in [1.29, 1.82) is 0 Å². The maximum atomic E-state index is 6.46. The molecule has 1 aromatic heterocycles. The molecule has 1 atom stereocenters. The minimum Gasteiger partial charge on any atom is -0.467 e. The second-order valence-corrected chi connectivity index (χ2v) is 6.59. The smallest absolute Gasteiger partial charge is 0.219 e. The van der Waals surface area contributed by atoms with Crippen LogP contribution in [-0.4, -0.2) is 47.6 Å². The zero-order valence-electron chi connectivity index (χ0n) is 12.0. The van der Waals surface area contributed by atoms with E-state index in [1.54, 1.807) is 0 Å². The van der Waals surface area contributed by atoms with Crippen molar-refractivity contribution < 1.29 is 4.74 Å². The summed E-state index contributed by atoms with van der Waals surface area (Å²) in [6, 6.07) is 8.35. The fourth-order valence-electron chi connectivity index (χ4n) is 4.27. The summed E-state index contributed by atoms with van der Waals surface area (Å²) in [5, 5.41) is 1.20. The number of aliphatic imine (C=N–C) groups is 1. The Bertz CT molecular complexity index is 726. The van der Waals surface area contributed by atoms with Gasteiger partial charge in [0.1, 0.15) is 5.60 Å². The Morgan fingerprint density at radius 2 is 2.10 bits per heavy atom. The van der Waals surface area contributed by atoms with Crippen LogP contribution in [0.5, 0.6) is 0 Å². The quantitative estimate of drug-likeness (QED) is 0.872. The Hall–Kier alpha value is -1.81. The van der Waals surface area contributed by atoms with Gasteiger partial charge in [0.05, 0.1) is 12.1 Å². The molecule has 4 aliphatic heterocycles. The van der Waals surface area contributed by atoms with Crippen LogP contribution < -0.4 is 0 Å². The lowest BCUT2D eigenvalue weighted by molar-refractivity contribution is -0.0825. The number of rotatable bonds is 1. The van der Waals surface area contributed by atoms with Gasteiger partial charge in [0.25, 0.3) is 0 Å². The monoisotopic (exact) mass is 281 g/mol. The molecular weight excluding hydrogens is 262 g/mol. The molecule has 0 saturated carbocycles. The summed E-state index contributed by atoms with van der Waals surface area (Å²) in [5.41, 5.74) is 2.21. The van der Waals surface area contributed by atoms with Gasteiger partial charge in [-0.05, 0) is 32.0 Å². The summed E-state index contributed by atoms with van der Waals surface area (Å²) in [7, 11) is 0. The van der Waals surface area contributed by atoms with E-state index in [1.807, 2.05) is 6.20 Å². The highest BCUT2D eigenvalue weighted by Crippen LogP contribution is 2.42. The zero-order chi connectivity index (χ0) is 13.9. The lowest BCUT2D eigenvalue weighted by Crippen LogP contribution is -2.60. The molecule has 1 aromatic carbocycles. The summed E-state index contributed by atoms with van der Waals surface area (Å²) in [6.07, 6.45) is 4.55. The molecule has 3 fully saturated rings. The summed E-state index contributed by atoms with van der Waals surface area (Å²) < 4.78 is 6.46. The number of fused-ring (bicyclic) bond motifs is 3. The van der Waals surface area contributed by atoms with Crippen LogP contribution in [0.2, 0.25) is 0 Å². The normalized spacial score (nSPS) is 34.4. The van der Waals surface area contributed by atoms with Crippen LogP contribution in [0.3, 0.4) is 0 Å². The topological polar surface area (TPSA) is 40.6 Å². The van der Waals surface area contributed by atoms with Crippen molar-refractivity contribution in [2.45, 2.75) is 18.4 Å². The van der Waals surface area contributed by atoms with Crippen LogP contribution in [-0.2, 0) is 4.74 Å². The first kappa shape index (κ1) is 11.8. The third kappa shape index (κ3) is 1.62. The Morgan fingerprint density at radius 1 is 1.24 bits per heavy atom. The largest absolute Gasteiger partial charge is 0.467 e. The van der Waals surface area contributed by atoms with E-state index in [-0.39, 0.29) is 5.60 Å². The molecule has 4 nitrogen and oxygen atoms in total. The van der Waals surface area contributed by atoms with Crippen molar-refractivity contribution in [2.75, 3.05) is 26.2 Å².